The number of hydrogen-bond acceptors (Lipinski definition) is 3. The maximum Gasteiger partial charge on any atom is 0.426 e. The Morgan fingerprint density at radius 3 is 2.43 bits per heavy atom. The maximum absolute atomic E-state index is 12.7. The topological polar surface area (TPSA) is 46.5 Å². The molecule has 0 aromatic heterocycles. The molecule has 0 saturated heterocycles. The van der Waals surface area contributed by atoms with Crippen LogP contribution < -0.4 is 0 Å². The Morgan fingerprint density at radius 1 is 1.20 bits per heavy atom. The zero-order chi connectivity index (χ0) is 22.3. The summed E-state index contributed by atoms with van der Waals surface area (Å²) in [5.41, 5.74) is 2.92. The van der Waals surface area contributed by atoms with Gasteiger partial charge >= 0.3 is 12.1 Å². The van der Waals surface area contributed by atoms with Crippen molar-refractivity contribution in [2.75, 3.05) is 0 Å². The first-order chi connectivity index (χ1) is 13.9. The van der Waals surface area contributed by atoms with E-state index in [-0.39, 0.29) is 12.4 Å². The first kappa shape index (κ1) is 22.2. The van der Waals surface area contributed by atoms with Crippen molar-refractivity contribution in [2.24, 2.45) is 17.3 Å². The Labute approximate surface area is 178 Å². The minimum absolute atomic E-state index is 0.0204. The molecule has 0 aliphatic heterocycles. The summed E-state index contributed by atoms with van der Waals surface area (Å²) in [5, 5.41) is 8.25. The zero-order valence-electron chi connectivity index (χ0n) is 16.8. The zero-order valence-corrected chi connectivity index (χ0v) is 17.5. The number of rotatable bonds is 5. The number of carbonyl (C=O) groups is 1. The van der Waals surface area contributed by atoms with E-state index in [1.165, 1.54) is 0 Å². The quantitative estimate of drug-likeness (QED) is 0.552. The van der Waals surface area contributed by atoms with Crippen molar-refractivity contribution in [1.82, 2.24) is 0 Å². The fraction of sp³-hybridized carbons (Fsp3) is 0.348. The van der Waals surface area contributed by atoms with Crippen molar-refractivity contribution >= 4 is 17.6 Å². The van der Waals surface area contributed by atoms with Crippen LogP contribution in [0.5, 0.6) is 5.75 Å². The number of phenolic OH excluding ortho intramolecular Hbond substituents is 1. The second-order valence-corrected chi connectivity index (χ2v) is 8.49. The van der Waals surface area contributed by atoms with Crippen LogP contribution >= 0.6 is 11.6 Å². The van der Waals surface area contributed by atoms with Crippen molar-refractivity contribution in [3.63, 3.8) is 0 Å². The van der Waals surface area contributed by atoms with E-state index in [9.17, 15) is 23.1 Å². The first-order valence-corrected chi connectivity index (χ1v) is 9.79. The lowest BCUT2D eigenvalue weighted by molar-refractivity contribution is -0.147. The van der Waals surface area contributed by atoms with Crippen molar-refractivity contribution in [2.45, 2.75) is 33.6 Å². The summed E-state index contributed by atoms with van der Waals surface area (Å²) in [7, 11) is 0. The van der Waals surface area contributed by atoms with Gasteiger partial charge in [-0.3, -0.25) is 4.79 Å². The third-order valence-electron chi connectivity index (χ3n) is 5.76. The Balaban J connectivity index is 1.71. The van der Waals surface area contributed by atoms with Crippen molar-refractivity contribution in [3.8, 4) is 16.9 Å². The highest BCUT2D eigenvalue weighted by molar-refractivity contribution is 6.30. The van der Waals surface area contributed by atoms with Gasteiger partial charge in [0.2, 0.25) is 0 Å². The fourth-order valence-electron chi connectivity index (χ4n) is 3.72. The summed E-state index contributed by atoms with van der Waals surface area (Å²) in [4.78, 5) is 12.5. The summed E-state index contributed by atoms with van der Waals surface area (Å²) >= 11 is 5.34. The Hall–Kier alpha value is -2.47. The molecule has 160 valence electrons. The number of alkyl halides is 3. The van der Waals surface area contributed by atoms with Gasteiger partial charge < -0.3 is 9.84 Å². The lowest BCUT2D eigenvalue weighted by atomic mass is 9.97. The van der Waals surface area contributed by atoms with Gasteiger partial charge in [0.25, 0.3) is 0 Å². The lowest BCUT2D eigenvalue weighted by Gasteiger charge is -2.12. The van der Waals surface area contributed by atoms with E-state index < -0.39 is 34.4 Å². The van der Waals surface area contributed by atoms with Crippen LogP contribution in [0.1, 0.15) is 25.0 Å². The fourth-order valence-corrected chi connectivity index (χ4v) is 3.86. The van der Waals surface area contributed by atoms with E-state index in [1.54, 1.807) is 38.1 Å². The molecule has 3 nitrogen and oxygen atoms in total. The smallest absolute Gasteiger partial charge is 0.426 e. The van der Waals surface area contributed by atoms with Crippen molar-refractivity contribution in [3.05, 3.63) is 64.7 Å². The SMILES string of the molecule is Cc1c(COC(=O)C2C(/C=C(\Cl)C(F)(F)F)C2(C)C)cccc1-c1ccc(O)cc1. The molecule has 2 aromatic carbocycles. The van der Waals surface area contributed by atoms with Gasteiger partial charge in [-0.2, -0.15) is 13.2 Å². The van der Waals surface area contributed by atoms with E-state index in [0.717, 1.165) is 28.3 Å². The van der Waals surface area contributed by atoms with Crippen LogP contribution in [0.3, 0.4) is 0 Å². The molecule has 0 spiro atoms. The van der Waals surface area contributed by atoms with Crippen LogP contribution in [-0.2, 0) is 16.1 Å². The number of phenols is 1. The number of carbonyl (C=O) groups excluding carboxylic acids is 1. The van der Waals surface area contributed by atoms with Crippen LogP contribution in [0.2, 0.25) is 0 Å². The average Bonchev–Trinajstić information content (AvgIpc) is 3.20. The normalized spacial score (nSPS) is 20.7. The molecule has 7 heteroatoms. The summed E-state index contributed by atoms with van der Waals surface area (Å²) < 4.78 is 43.5. The van der Waals surface area contributed by atoms with Gasteiger partial charge in [-0.05, 0) is 52.6 Å². The highest BCUT2D eigenvalue weighted by atomic mass is 35.5. The van der Waals surface area contributed by atoms with Gasteiger partial charge in [0.1, 0.15) is 17.4 Å². The van der Waals surface area contributed by atoms with Crippen LogP contribution in [0.25, 0.3) is 11.1 Å². The van der Waals surface area contributed by atoms with Gasteiger partial charge in [0.15, 0.2) is 0 Å². The van der Waals surface area contributed by atoms with E-state index in [2.05, 4.69) is 0 Å². The number of benzene rings is 2. The summed E-state index contributed by atoms with van der Waals surface area (Å²) in [6, 6.07) is 12.4. The number of ether oxygens (including phenoxy) is 1. The lowest BCUT2D eigenvalue weighted by Crippen LogP contribution is -2.11. The summed E-state index contributed by atoms with van der Waals surface area (Å²) in [5.74, 6) is -1.66. The maximum atomic E-state index is 12.7. The molecule has 1 aliphatic rings. The molecule has 2 aromatic rings. The molecule has 1 saturated carbocycles. The predicted octanol–water partition coefficient (Wildman–Crippen LogP) is 6.37. The molecule has 1 aliphatic carbocycles. The average molecular weight is 439 g/mol. The molecule has 0 bridgehead atoms. The standard InChI is InChI=1S/C23H22ClF3O3/c1-13-15(5-4-6-17(13)14-7-9-16(28)10-8-14)12-30-21(29)20-18(22(20,2)3)11-19(24)23(25,26)27/h4-11,18,20,28H,12H2,1-3H3/b19-11-. The largest absolute Gasteiger partial charge is 0.508 e. The molecule has 1 N–H and O–H groups in total. The number of esters is 1. The molecule has 2 atom stereocenters. The molecule has 1 fully saturated rings. The number of allylic oxidation sites excluding steroid dienone is 2. The van der Waals surface area contributed by atoms with Crippen molar-refractivity contribution < 1.29 is 27.8 Å². The van der Waals surface area contributed by atoms with E-state index >= 15 is 0 Å². The summed E-state index contributed by atoms with van der Waals surface area (Å²) in [6.45, 7) is 5.36. The van der Waals surface area contributed by atoms with Gasteiger partial charge in [0, 0.05) is 0 Å². The molecule has 0 heterocycles. The third kappa shape index (κ3) is 4.48. The second-order valence-electron chi connectivity index (χ2n) is 8.08. The molecule has 3 rings (SSSR count). The highest BCUT2D eigenvalue weighted by Crippen LogP contribution is 2.60. The van der Waals surface area contributed by atoms with Crippen LogP contribution in [0, 0.1) is 24.2 Å². The Bertz CT molecular complexity index is 978. The van der Waals surface area contributed by atoms with Crippen LogP contribution in [0.15, 0.2) is 53.6 Å². The van der Waals surface area contributed by atoms with Gasteiger partial charge in [-0.15, -0.1) is 0 Å². The van der Waals surface area contributed by atoms with Crippen molar-refractivity contribution in [1.29, 1.82) is 0 Å². The highest BCUT2D eigenvalue weighted by Gasteiger charge is 2.62. The predicted molar refractivity (Wildman–Crippen MR) is 109 cm³/mol. The molecule has 2 unspecified atom stereocenters. The molecule has 0 amide bonds. The summed E-state index contributed by atoms with van der Waals surface area (Å²) in [6.07, 6.45) is -3.72. The molecule has 30 heavy (non-hydrogen) atoms. The van der Waals surface area contributed by atoms with Gasteiger partial charge in [-0.1, -0.05) is 61.9 Å². The monoisotopic (exact) mass is 438 g/mol. The van der Waals surface area contributed by atoms with Crippen LogP contribution in [-0.4, -0.2) is 17.3 Å². The number of hydrogen-bond donors (Lipinski definition) is 1. The third-order valence-corrected chi connectivity index (χ3v) is 6.10. The number of halogens is 4. The van der Waals surface area contributed by atoms with E-state index in [0.29, 0.717) is 0 Å². The first-order valence-electron chi connectivity index (χ1n) is 9.42. The number of aromatic hydroxyl groups is 1. The Kier molecular flexibility index (Phi) is 5.92. The molecular formula is C23H22ClF3O3. The second kappa shape index (κ2) is 7.99. The van der Waals surface area contributed by atoms with Gasteiger partial charge in [-0.25, -0.2) is 0 Å². The molecular weight excluding hydrogens is 417 g/mol. The van der Waals surface area contributed by atoms with Gasteiger partial charge in [0.05, 0.1) is 5.92 Å². The van der Waals surface area contributed by atoms with E-state index in [4.69, 9.17) is 16.3 Å². The minimum atomic E-state index is -4.62. The molecule has 0 radical (unpaired) electrons. The van der Waals surface area contributed by atoms with E-state index in [1.807, 2.05) is 25.1 Å². The van der Waals surface area contributed by atoms with Crippen LogP contribution in [0.4, 0.5) is 13.2 Å². The minimum Gasteiger partial charge on any atom is -0.508 e. The Morgan fingerprint density at radius 2 is 1.83 bits per heavy atom.